The monoisotopic (exact) mass is 303 g/mol. The third kappa shape index (κ3) is 4.41. The van der Waals surface area contributed by atoms with Crippen molar-refractivity contribution in [1.29, 1.82) is 0 Å². The van der Waals surface area contributed by atoms with Crippen molar-refractivity contribution in [2.24, 2.45) is 5.73 Å². The van der Waals surface area contributed by atoms with E-state index in [1.807, 2.05) is 62.4 Å². The van der Waals surface area contributed by atoms with Crippen molar-refractivity contribution < 1.29 is 8.42 Å². The van der Waals surface area contributed by atoms with E-state index in [2.05, 4.69) is 0 Å². The van der Waals surface area contributed by atoms with Gasteiger partial charge in [-0.1, -0.05) is 54.1 Å². The molecule has 0 heterocycles. The summed E-state index contributed by atoms with van der Waals surface area (Å²) in [7, 11) is -3.23. The van der Waals surface area contributed by atoms with E-state index in [1.54, 1.807) is 0 Å². The first kappa shape index (κ1) is 15.7. The van der Waals surface area contributed by atoms with E-state index in [4.69, 9.17) is 5.73 Å². The highest BCUT2D eigenvalue weighted by Crippen LogP contribution is 2.20. The topological polar surface area (TPSA) is 60.2 Å². The minimum absolute atomic E-state index is 0.0342. The lowest BCUT2D eigenvalue weighted by Gasteiger charge is -2.15. The Morgan fingerprint density at radius 3 is 2.33 bits per heavy atom. The van der Waals surface area contributed by atoms with E-state index in [0.717, 1.165) is 22.3 Å². The number of benzene rings is 2. The van der Waals surface area contributed by atoms with Gasteiger partial charge in [-0.15, -0.1) is 0 Å². The van der Waals surface area contributed by atoms with Crippen molar-refractivity contribution in [3.05, 3.63) is 70.8 Å². The van der Waals surface area contributed by atoms with Gasteiger partial charge < -0.3 is 5.73 Å². The predicted octanol–water partition coefficient (Wildman–Crippen LogP) is 2.92. The van der Waals surface area contributed by atoms with Crippen LogP contribution in [0.5, 0.6) is 0 Å². The zero-order valence-corrected chi connectivity index (χ0v) is 13.2. The fraction of sp³-hybridized carbons (Fsp3) is 0.294. The van der Waals surface area contributed by atoms with Crippen LogP contribution in [0.15, 0.2) is 48.5 Å². The Balaban J connectivity index is 2.12. The molecule has 0 aromatic heterocycles. The van der Waals surface area contributed by atoms with Crippen LogP contribution < -0.4 is 5.73 Å². The van der Waals surface area contributed by atoms with Crippen molar-refractivity contribution in [3.8, 4) is 0 Å². The van der Waals surface area contributed by atoms with Gasteiger partial charge in [-0.25, -0.2) is 8.42 Å². The van der Waals surface area contributed by atoms with E-state index in [0.29, 0.717) is 0 Å². The Labute approximate surface area is 126 Å². The molecule has 0 aliphatic carbocycles. The number of aryl methyl sites for hydroxylation is 2. The Hall–Kier alpha value is -1.65. The molecule has 0 aliphatic heterocycles. The first-order chi connectivity index (χ1) is 9.87. The lowest BCUT2D eigenvalue weighted by atomic mass is 10.0. The van der Waals surface area contributed by atoms with Gasteiger partial charge in [0.05, 0.1) is 11.5 Å². The molecule has 0 saturated carbocycles. The SMILES string of the molecule is Cc1ccc(C(N)CS(=O)(=O)Cc2ccccc2)c(C)c1. The minimum atomic E-state index is -3.23. The average molecular weight is 303 g/mol. The smallest absolute Gasteiger partial charge is 0.156 e. The van der Waals surface area contributed by atoms with Crippen LogP contribution in [-0.2, 0) is 15.6 Å². The van der Waals surface area contributed by atoms with Gasteiger partial charge in [-0.3, -0.25) is 0 Å². The normalized spacial score (nSPS) is 13.1. The van der Waals surface area contributed by atoms with Crippen LogP contribution in [0.3, 0.4) is 0 Å². The molecule has 0 saturated heterocycles. The zero-order valence-electron chi connectivity index (χ0n) is 12.4. The van der Waals surface area contributed by atoms with E-state index in [1.165, 1.54) is 0 Å². The van der Waals surface area contributed by atoms with Gasteiger partial charge in [0.1, 0.15) is 0 Å². The highest BCUT2D eigenvalue weighted by Gasteiger charge is 2.19. The average Bonchev–Trinajstić information content (AvgIpc) is 2.38. The Kier molecular flexibility index (Phi) is 4.80. The third-order valence-corrected chi connectivity index (χ3v) is 5.13. The number of nitrogens with two attached hydrogens (primary N) is 1. The summed E-state index contributed by atoms with van der Waals surface area (Å²) in [6.07, 6.45) is 0. The first-order valence-electron chi connectivity index (χ1n) is 6.94. The molecule has 3 nitrogen and oxygen atoms in total. The molecule has 0 aliphatic rings. The molecule has 2 aromatic carbocycles. The van der Waals surface area contributed by atoms with Crippen molar-refractivity contribution in [3.63, 3.8) is 0 Å². The second-order valence-corrected chi connectivity index (χ2v) is 7.62. The van der Waals surface area contributed by atoms with Crippen LogP contribution in [0.4, 0.5) is 0 Å². The van der Waals surface area contributed by atoms with Crippen LogP contribution in [0.25, 0.3) is 0 Å². The maximum absolute atomic E-state index is 12.3. The van der Waals surface area contributed by atoms with Gasteiger partial charge in [-0.05, 0) is 30.5 Å². The Morgan fingerprint density at radius 1 is 1.05 bits per heavy atom. The second-order valence-electron chi connectivity index (χ2n) is 5.51. The van der Waals surface area contributed by atoms with Crippen molar-refractivity contribution in [1.82, 2.24) is 0 Å². The van der Waals surface area contributed by atoms with E-state index >= 15 is 0 Å². The summed E-state index contributed by atoms with van der Waals surface area (Å²) in [5.74, 6) is -0.00174. The van der Waals surface area contributed by atoms with Gasteiger partial charge in [0, 0.05) is 6.04 Å². The number of hydrogen-bond acceptors (Lipinski definition) is 3. The van der Waals surface area contributed by atoms with Crippen molar-refractivity contribution in [2.45, 2.75) is 25.6 Å². The lowest BCUT2D eigenvalue weighted by molar-refractivity contribution is 0.588. The Morgan fingerprint density at radius 2 is 1.71 bits per heavy atom. The molecule has 4 heteroatoms. The zero-order chi connectivity index (χ0) is 15.5. The summed E-state index contributed by atoms with van der Waals surface area (Å²) in [5, 5.41) is 0. The second kappa shape index (κ2) is 6.41. The van der Waals surface area contributed by atoms with Gasteiger partial charge in [0.25, 0.3) is 0 Å². The number of hydrogen-bond donors (Lipinski definition) is 1. The van der Waals surface area contributed by atoms with E-state index in [9.17, 15) is 8.42 Å². The molecule has 0 fully saturated rings. The summed E-state index contributed by atoms with van der Waals surface area (Å²) in [6.45, 7) is 3.97. The molecule has 0 spiro atoms. The fourth-order valence-electron chi connectivity index (χ4n) is 2.49. The molecule has 0 radical (unpaired) electrons. The summed E-state index contributed by atoms with van der Waals surface area (Å²) < 4.78 is 24.6. The van der Waals surface area contributed by atoms with Gasteiger partial charge >= 0.3 is 0 Å². The predicted molar refractivity (Wildman–Crippen MR) is 86.8 cm³/mol. The van der Waals surface area contributed by atoms with Gasteiger partial charge in [0.2, 0.25) is 0 Å². The van der Waals surface area contributed by atoms with Crippen LogP contribution in [0.1, 0.15) is 28.3 Å². The molecule has 2 N–H and O–H groups in total. The molecule has 1 atom stereocenters. The molecule has 2 rings (SSSR count). The van der Waals surface area contributed by atoms with E-state index < -0.39 is 15.9 Å². The van der Waals surface area contributed by atoms with Gasteiger partial charge in [-0.2, -0.15) is 0 Å². The summed E-state index contributed by atoms with van der Waals surface area (Å²) in [5.41, 5.74) is 9.99. The molecule has 2 aromatic rings. The summed E-state index contributed by atoms with van der Waals surface area (Å²) >= 11 is 0. The number of sulfone groups is 1. The maximum atomic E-state index is 12.3. The molecular formula is C17H21NO2S. The molecule has 112 valence electrons. The Bertz CT molecular complexity index is 709. The van der Waals surface area contributed by atoms with Crippen molar-refractivity contribution in [2.75, 3.05) is 5.75 Å². The quantitative estimate of drug-likeness (QED) is 0.924. The summed E-state index contributed by atoms with van der Waals surface area (Å²) in [4.78, 5) is 0. The molecule has 1 unspecified atom stereocenters. The van der Waals surface area contributed by atoms with E-state index in [-0.39, 0.29) is 11.5 Å². The maximum Gasteiger partial charge on any atom is 0.156 e. The molecule has 0 bridgehead atoms. The van der Waals surface area contributed by atoms with Gasteiger partial charge in [0.15, 0.2) is 9.84 Å². The fourth-order valence-corrected chi connectivity index (χ4v) is 4.04. The molecule has 0 amide bonds. The molecular weight excluding hydrogens is 282 g/mol. The first-order valence-corrected chi connectivity index (χ1v) is 8.76. The third-order valence-electron chi connectivity index (χ3n) is 3.49. The van der Waals surface area contributed by atoms with Crippen LogP contribution in [-0.4, -0.2) is 14.2 Å². The van der Waals surface area contributed by atoms with Crippen LogP contribution >= 0.6 is 0 Å². The van der Waals surface area contributed by atoms with Crippen LogP contribution in [0.2, 0.25) is 0 Å². The standard InChI is InChI=1S/C17H21NO2S/c1-13-8-9-16(14(2)10-13)17(18)12-21(19,20)11-15-6-4-3-5-7-15/h3-10,17H,11-12,18H2,1-2H3. The van der Waals surface area contributed by atoms with Crippen LogP contribution in [0, 0.1) is 13.8 Å². The largest absolute Gasteiger partial charge is 0.323 e. The number of rotatable bonds is 5. The summed E-state index contributed by atoms with van der Waals surface area (Å²) in [6, 6.07) is 14.6. The minimum Gasteiger partial charge on any atom is -0.323 e. The molecule has 21 heavy (non-hydrogen) atoms. The lowest BCUT2D eigenvalue weighted by Crippen LogP contribution is -2.23. The van der Waals surface area contributed by atoms with Crippen molar-refractivity contribution >= 4 is 9.84 Å². The highest BCUT2D eigenvalue weighted by atomic mass is 32.2. The highest BCUT2D eigenvalue weighted by molar-refractivity contribution is 7.90.